The molecule has 1 N–H and O–H groups in total. The zero-order valence-electron chi connectivity index (χ0n) is 84.9. The third-order valence-corrected chi connectivity index (χ3v) is 28.5. The first-order valence-electron chi connectivity index (χ1n) is 48.1. The lowest BCUT2D eigenvalue weighted by molar-refractivity contribution is 0.00578. The van der Waals surface area contributed by atoms with Gasteiger partial charge in [0, 0.05) is 104 Å². The molecule has 0 bridgehead atoms. The third kappa shape index (κ3) is 23.2. The minimum atomic E-state index is -0.188. The van der Waals surface area contributed by atoms with Crippen LogP contribution in [0.5, 0.6) is 0 Å². The maximum absolute atomic E-state index is 5.21. The number of pyridine rings is 1. The molecule has 693 valence electrons. The van der Waals surface area contributed by atoms with Gasteiger partial charge in [0.1, 0.15) is 0 Å². The summed E-state index contributed by atoms with van der Waals surface area (Å²) in [5, 5.41) is 4.74. The number of hydrogen-bond acceptors (Lipinski definition) is 8. The van der Waals surface area contributed by atoms with Crippen LogP contribution in [0.15, 0.2) is 173 Å². The highest BCUT2D eigenvalue weighted by atomic mass is 79.9. The Kier molecular flexibility index (Phi) is 31.3. The smallest absolute Gasteiger partial charge is 0.405 e. The van der Waals surface area contributed by atoms with Crippen LogP contribution in [-0.4, -0.2) is 66.5 Å². The Hall–Kier alpha value is -6.10. The van der Waals surface area contributed by atoms with Crippen LogP contribution in [0.4, 0.5) is 51.2 Å². The third-order valence-electron chi connectivity index (χ3n) is 27.6. The highest BCUT2D eigenvalue weighted by Crippen LogP contribution is 2.51. The van der Waals surface area contributed by atoms with E-state index in [0.717, 1.165) is 47.2 Å². The average Bonchev–Trinajstić information content (AvgIpc) is 0.690. The van der Waals surface area contributed by atoms with E-state index in [9.17, 15) is 0 Å². The molecule has 8 aliphatic heterocycles. The van der Waals surface area contributed by atoms with Crippen molar-refractivity contribution < 1.29 is 9.31 Å². The van der Waals surface area contributed by atoms with Crippen molar-refractivity contribution in [3.8, 4) is 0 Å². The molecule has 9 aromatic carbocycles. The van der Waals surface area contributed by atoms with E-state index in [1.807, 2.05) is 40.0 Å². The molecule has 8 nitrogen and oxygen atoms in total. The van der Waals surface area contributed by atoms with Gasteiger partial charge in [0.15, 0.2) is 0 Å². The summed E-state index contributed by atoms with van der Waals surface area (Å²) in [6.07, 6.45) is 13.9. The van der Waals surface area contributed by atoms with E-state index >= 15 is 0 Å². The quantitative estimate of drug-likeness (QED) is 0.172. The maximum atomic E-state index is 5.21. The van der Waals surface area contributed by atoms with Crippen LogP contribution in [0.2, 0.25) is 0 Å². The number of hydrogen-bond donors (Lipinski definition) is 1. The van der Waals surface area contributed by atoms with Crippen LogP contribution in [0.25, 0.3) is 10.9 Å². The van der Waals surface area contributed by atoms with Crippen LogP contribution in [0.3, 0.4) is 0 Å². The topological polar surface area (TPSA) is 56.3 Å². The molecule has 8 aliphatic rings. The van der Waals surface area contributed by atoms with E-state index in [1.54, 1.807) is 16.6 Å². The Balaban J connectivity index is 0.000000153. The van der Waals surface area contributed by atoms with Gasteiger partial charge < -0.3 is 34.2 Å². The molecule has 0 unspecified atom stereocenters. The van der Waals surface area contributed by atoms with Gasteiger partial charge in [-0.2, -0.15) is 0 Å². The van der Waals surface area contributed by atoms with Crippen LogP contribution in [0.1, 0.15) is 325 Å². The monoisotopic (exact) mass is 2060 g/mol. The number of aromatic nitrogens is 1. The fourth-order valence-corrected chi connectivity index (χ4v) is 21.5. The Morgan fingerprint density at radius 1 is 0.362 bits per heavy atom. The largest absolute Gasteiger partial charge is 0.488 e. The molecular weight excluding hydrogens is 1920 g/mol. The summed E-state index contributed by atoms with van der Waals surface area (Å²) in [5.74, 6) is 0. The molecule has 10 aromatic rings. The molecule has 16 heteroatoms. The standard InChI is InChI=1S/C36H45BN2.C36H48N2.C13H19N.C13H15N.C10H12Br2.C6H12BO2.BBr3/c1-34(2,3)22-20-29-31-30(21-22)39-19-11-13-24-26(36(7,8)9)15-17-28(33(24)39)37(31)27-16-14-25(35(4,5)6)23-12-10-18-38(29)32(23)27;1-34(2,3)25-22-26(37-20-12-14-28-30(35(4,5)6)16-10-18-32(28)37)24-27(23-25)38-21-13-15-29-31(36(7,8)9)17-11-19-33(29)38;2*1-13(2,3)11-7-4-8-12-10(11)6-5-9-14-12;1-10(2,3)7-4-8(11)6-9(12)5-7;1-5(2)6(3,4)9-7-8-5;2-1(3)4/h14-17,20-21H,10-13,18-19H2,1-9H3;10-11,16-19,22-24H,12-15,20-21H2,1-9H3;4,7-8,14H,5-6,9H2,1-3H3;4-9H,1-3H3;4-6H,1-3H3;1-4H3;. The van der Waals surface area contributed by atoms with Gasteiger partial charge in [0.2, 0.25) is 0 Å². The molecule has 18 rings (SSSR count). The summed E-state index contributed by atoms with van der Waals surface area (Å²) in [6, 6.07) is 59.9. The van der Waals surface area contributed by atoms with Crippen molar-refractivity contribution in [2.45, 2.75) is 339 Å². The fraction of sp³-hybridized carbons (Fsp3) is 0.500. The van der Waals surface area contributed by atoms with Crippen LogP contribution in [-0.2, 0) is 90.1 Å². The maximum Gasteiger partial charge on any atom is 0.488 e. The second-order valence-corrected chi connectivity index (χ2v) is 55.8. The first-order chi connectivity index (χ1) is 60.3. The summed E-state index contributed by atoms with van der Waals surface area (Å²) in [5.41, 5.74) is 40.5. The molecule has 1 fully saturated rings. The van der Waals surface area contributed by atoms with E-state index in [1.165, 1.54) is 206 Å². The number of rotatable bonds is 2. The van der Waals surface area contributed by atoms with Crippen molar-refractivity contribution in [3.63, 3.8) is 0 Å². The van der Waals surface area contributed by atoms with E-state index in [0.29, 0.717) is 6.71 Å². The average molecular weight is 2070 g/mol. The first kappa shape index (κ1) is 103. The first-order valence-corrected chi connectivity index (χ1v) is 52.4. The number of halogens is 5. The predicted molar refractivity (Wildman–Crippen MR) is 588 cm³/mol. The Morgan fingerprint density at radius 2 is 0.715 bits per heavy atom. The van der Waals surface area contributed by atoms with Gasteiger partial charge in [-0.05, 0) is 314 Å². The summed E-state index contributed by atoms with van der Waals surface area (Å²) in [6.45, 7) is 76.6. The molecule has 0 aliphatic carbocycles. The molecule has 0 saturated carbocycles. The lowest BCUT2D eigenvalue weighted by atomic mass is 9.32. The van der Waals surface area contributed by atoms with Gasteiger partial charge in [-0.15, -0.1) is 47.3 Å². The number of nitrogens with one attached hydrogen (secondary N) is 1. The van der Waals surface area contributed by atoms with E-state index in [-0.39, 0.29) is 63.1 Å². The summed E-state index contributed by atoms with van der Waals surface area (Å²) >= 11 is 16.3. The zero-order valence-corrected chi connectivity index (χ0v) is 92.8. The van der Waals surface area contributed by atoms with Gasteiger partial charge in [0.25, 0.3) is 6.71 Å². The van der Waals surface area contributed by atoms with Crippen molar-refractivity contribution in [2.24, 2.45) is 0 Å². The Morgan fingerprint density at radius 3 is 1.12 bits per heavy atom. The molecule has 1 radical (unpaired) electrons. The summed E-state index contributed by atoms with van der Waals surface area (Å²) < 4.78 is 12.9. The predicted octanol–water partition coefficient (Wildman–Crippen LogP) is 31.3. The minimum Gasteiger partial charge on any atom is -0.405 e. The second-order valence-electron chi connectivity index (χ2n) is 47.5. The molecule has 1 aromatic heterocycles. The molecule has 0 spiro atoms. The normalized spacial score (nSPS) is 16.4. The van der Waals surface area contributed by atoms with Crippen LogP contribution >= 0.6 is 79.1 Å². The van der Waals surface area contributed by atoms with Crippen LogP contribution in [0, 0.1) is 0 Å². The highest BCUT2D eigenvalue weighted by molar-refractivity contribution is 9.69. The lowest BCUT2D eigenvalue weighted by Gasteiger charge is -2.49. The van der Waals surface area contributed by atoms with Gasteiger partial charge in [0.05, 0.1) is 16.7 Å². The van der Waals surface area contributed by atoms with Crippen molar-refractivity contribution in [1.82, 2.24) is 4.98 Å². The number of anilines is 9. The zero-order chi connectivity index (χ0) is 95.5. The molecule has 0 atom stereocenters. The minimum absolute atomic E-state index is 0.0719. The van der Waals surface area contributed by atoms with Crippen molar-refractivity contribution in [1.29, 1.82) is 0 Å². The number of fused-ring (bicyclic) bond motifs is 8. The lowest BCUT2D eigenvalue weighted by Crippen LogP contribution is -2.64. The SMILES string of the molecule is BrB(Br)Br.CC(C)(C)c1cc(Br)cc(Br)c1.CC(C)(C)c1cc(N2CCCc3c2cccc3C(C)(C)C)cc(N2CCCc3c2cccc3C(C)(C)C)c1.CC(C)(C)c1cc2c3c(c1)N1CCCc4c(C(C)(C)C)ccc(c41)B3c1ccc(C(C)(C)C)c3c1N2CCC3.CC(C)(C)c1cccc2c1CCCN2.CC(C)(C)c1cccc2ncccc12.CC1(C)O[B]OC1(C)C. The molecule has 9 heterocycles. The summed E-state index contributed by atoms with van der Waals surface area (Å²) in [7, 11) is 1.42. The molecular formula is C114H151B3Br5N6O2. The van der Waals surface area contributed by atoms with Gasteiger partial charge >= 0.3 is 10.9 Å². The second kappa shape index (κ2) is 39.5. The van der Waals surface area contributed by atoms with Gasteiger partial charge in [-0.1, -0.05) is 298 Å². The van der Waals surface area contributed by atoms with Crippen molar-refractivity contribution in [2.75, 3.05) is 57.6 Å². The van der Waals surface area contributed by atoms with E-state index in [2.05, 4.69) is 448 Å². The number of nitrogens with zero attached hydrogens (tertiary/aromatic N) is 5. The van der Waals surface area contributed by atoms with Crippen LogP contribution < -0.4 is 41.3 Å². The molecule has 130 heavy (non-hydrogen) atoms. The Labute approximate surface area is 829 Å². The number of benzene rings is 9. The van der Waals surface area contributed by atoms with Crippen molar-refractivity contribution >= 4 is 175 Å². The van der Waals surface area contributed by atoms with E-state index in [4.69, 9.17) is 9.31 Å². The van der Waals surface area contributed by atoms with Gasteiger partial charge in [-0.3, -0.25) is 4.98 Å². The highest BCUT2D eigenvalue weighted by Gasteiger charge is 2.48. The molecule has 1 saturated heterocycles. The van der Waals surface area contributed by atoms with E-state index < -0.39 is 0 Å². The van der Waals surface area contributed by atoms with Gasteiger partial charge in [-0.25, -0.2) is 0 Å². The summed E-state index contributed by atoms with van der Waals surface area (Å²) in [4.78, 5) is 15.0. The van der Waals surface area contributed by atoms with Crippen molar-refractivity contribution in [3.05, 3.63) is 251 Å². The fourth-order valence-electron chi connectivity index (χ4n) is 20.2. The Bertz CT molecular complexity index is 5470. The molecule has 0 amide bonds.